The molecule has 0 fully saturated rings. The van der Waals surface area contributed by atoms with Gasteiger partial charge in [-0.05, 0) is 29.8 Å². The smallest absolute Gasteiger partial charge is 0.182 e. The highest BCUT2D eigenvalue weighted by Gasteiger charge is 2.15. The fourth-order valence-electron chi connectivity index (χ4n) is 2.32. The fourth-order valence-corrected chi connectivity index (χ4v) is 2.32. The summed E-state index contributed by atoms with van der Waals surface area (Å²) in [5, 5.41) is 17.8. The summed E-state index contributed by atoms with van der Waals surface area (Å²) in [6.07, 6.45) is 3.04. The zero-order valence-corrected chi connectivity index (χ0v) is 11.4. The van der Waals surface area contributed by atoms with E-state index in [0.717, 1.165) is 5.56 Å². The van der Waals surface area contributed by atoms with Crippen LogP contribution in [-0.2, 0) is 6.54 Å². The molecule has 0 saturated carbocycles. The van der Waals surface area contributed by atoms with E-state index < -0.39 is 0 Å². The van der Waals surface area contributed by atoms with Crippen LogP contribution in [0.15, 0.2) is 53.4 Å². The molecule has 1 N–H and O–H groups in total. The molecule has 0 aliphatic carbocycles. The molecule has 1 aromatic carbocycles. The summed E-state index contributed by atoms with van der Waals surface area (Å²) in [4.78, 5) is 8.48. The molecule has 0 amide bonds. The van der Waals surface area contributed by atoms with Gasteiger partial charge in [-0.1, -0.05) is 17.3 Å². The van der Waals surface area contributed by atoms with Crippen molar-refractivity contribution in [2.24, 2.45) is 0 Å². The highest BCUT2D eigenvalue weighted by molar-refractivity contribution is 5.84. The number of aromatic hydroxyl groups is 1. The average molecular weight is 293 g/mol. The van der Waals surface area contributed by atoms with Gasteiger partial charge in [0.2, 0.25) is 0 Å². The Kier molecular flexibility index (Phi) is 2.82. The van der Waals surface area contributed by atoms with Crippen LogP contribution in [-0.4, -0.2) is 30.1 Å². The molecule has 108 valence electrons. The van der Waals surface area contributed by atoms with E-state index >= 15 is 0 Å². The molecule has 0 atom stereocenters. The Balaban J connectivity index is 1.79. The minimum atomic E-state index is 0.216. The minimum Gasteiger partial charge on any atom is -0.508 e. The third-order valence-electron chi connectivity index (χ3n) is 3.30. The van der Waals surface area contributed by atoms with Gasteiger partial charge in [-0.2, -0.15) is 0 Å². The van der Waals surface area contributed by atoms with Crippen molar-refractivity contribution in [3.05, 3.63) is 54.6 Å². The number of fused-ring (bicyclic) bond motifs is 1. The summed E-state index contributed by atoms with van der Waals surface area (Å²) in [5.74, 6) is 0.838. The molecule has 0 spiro atoms. The van der Waals surface area contributed by atoms with Gasteiger partial charge >= 0.3 is 0 Å². The average Bonchev–Trinajstić information content (AvgIpc) is 3.17. The third kappa shape index (κ3) is 2.08. The van der Waals surface area contributed by atoms with E-state index in [2.05, 4.69) is 20.3 Å². The first-order valence-corrected chi connectivity index (χ1v) is 6.67. The summed E-state index contributed by atoms with van der Waals surface area (Å²) in [5.41, 5.74) is 2.71. The Morgan fingerprint density at radius 3 is 2.91 bits per heavy atom. The number of furan rings is 1. The lowest BCUT2D eigenvalue weighted by Crippen LogP contribution is -2.03. The minimum absolute atomic E-state index is 0.216. The molecule has 0 unspecified atom stereocenters. The van der Waals surface area contributed by atoms with E-state index in [0.29, 0.717) is 29.2 Å². The first kappa shape index (κ1) is 12.5. The quantitative estimate of drug-likeness (QED) is 0.623. The van der Waals surface area contributed by atoms with Crippen LogP contribution in [0.4, 0.5) is 0 Å². The van der Waals surface area contributed by atoms with Crippen molar-refractivity contribution in [3.8, 4) is 17.2 Å². The predicted molar refractivity (Wildman–Crippen MR) is 78.0 cm³/mol. The largest absolute Gasteiger partial charge is 0.508 e. The summed E-state index contributed by atoms with van der Waals surface area (Å²) >= 11 is 0. The van der Waals surface area contributed by atoms with Crippen LogP contribution in [0, 0.1) is 0 Å². The lowest BCUT2D eigenvalue weighted by atomic mass is 10.2. The Morgan fingerprint density at radius 2 is 2.09 bits per heavy atom. The predicted octanol–water partition coefficient (Wildman–Crippen LogP) is 2.24. The van der Waals surface area contributed by atoms with Crippen LogP contribution in [0.5, 0.6) is 5.75 Å². The Hall–Kier alpha value is -3.22. The first-order chi connectivity index (χ1) is 10.8. The van der Waals surface area contributed by atoms with E-state index in [1.54, 1.807) is 35.2 Å². The molecule has 0 radical (unpaired) electrons. The normalized spacial score (nSPS) is 11.1. The molecule has 3 aromatic heterocycles. The van der Waals surface area contributed by atoms with Gasteiger partial charge in [-0.3, -0.25) is 0 Å². The maximum Gasteiger partial charge on any atom is 0.182 e. The summed E-state index contributed by atoms with van der Waals surface area (Å²) in [6.45, 7) is 0.458. The van der Waals surface area contributed by atoms with Crippen LogP contribution in [0.25, 0.3) is 22.6 Å². The molecule has 0 bridgehead atoms. The molecule has 7 nitrogen and oxygen atoms in total. The highest BCUT2D eigenvalue weighted by Crippen LogP contribution is 2.24. The van der Waals surface area contributed by atoms with E-state index in [9.17, 15) is 5.11 Å². The summed E-state index contributed by atoms with van der Waals surface area (Å²) in [6, 6.07) is 10.6. The number of phenolic OH excluding ortho intramolecular Hbond substituents is 1. The lowest BCUT2D eigenvalue weighted by molar-refractivity contribution is 0.474. The Morgan fingerprint density at radius 1 is 1.14 bits per heavy atom. The molecule has 0 aliphatic rings. The van der Waals surface area contributed by atoms with E-state index in [-0.39, 0.29) is 5.75 Å². The second-order valence-electron chi connectivity index (χ2n) is 4.79. The summed E-state index contributed by atoms with van der Waals surface area (Å²) < 4.78 is 7.04. The number of aromatic nitrogens is 5. The lowest BCUT2D eigenvalue weighted by Gasteiger charge is -2.03. The number of benzene rings is 1. The van der Waals surface area contributed by atoms with Gasteiger partial charge in [-0.25, -0.2) is 14.6 Å². The Bertz CT molecular complexity index is 930. The van der Waals surface area contributed by atoms with Crippen molar-refractivity contribution in [3.63, 3.8) is 0 Å². The number of hydrogen-bond acceptors (Lipinski definition) is 6. The van der Waals surface area contributed by atoms with Gasteiger partial charge in [-0.15, -0.1) is 5.10 Å². The highest BCUT2D eigenvalue weighted by atomic mass is 16.3. The standard InChI is InChI=1S/C15H11N5O2/c21-11-4-1-3-10(7-11)8-20-15-14(18-19-20)13(16-9-17-15)12-5-2-6-22-12/h1-7,9,21H,8H2. The molecular weight excluding hydrogens is 282 g/mol. The zero-order chi connectivity index (χ0) is 14.9. The zero-order valence-electron chi connectivity index (χ0n) is 11.4. The SMILES string of the molecule is Oc1cccc(Cn2nnc3c(-c4ccco4)ncnc32)c1. The van der Waals surface area contributed by atoms with Crippen molar-refractivity contribution in [2.45, 2.75) is 6.54 Å². The van der Waals surface area contributed by atoms with Crippen molar-refractivity contribution in [2.75, 3.05) is 0 Å². The van der Waals surface area contributed by atoms with Gasteiger partial charge in [0.1, 0.15) is 17.8 Å². The van der Waals surface area contributed by atoms with Crippen molar-refractivity contribution in [1.82, 2.24) is 25.0 Å². The Labute approximate surface area is 124 Å². The molecule has 4 aromatic rings. The topological polar surface area (TPSA) is 89.9 Å². The monoisotopic (exact) mass is 293 g/mol. The van der Waals surface area contributed by atoms with Crippen LogP contribution in [0.3, 0.4) is 0 Å². The number of nitrogens with zero attached hydrogens (tertiary/aromatic N) is 5. The van der Waals surface area contributed by atoms with Crippen molar-refractivity contribution < 1.29 is 9.52 Å². The fraction of sp³-hybridized carbons (Fsp3) is 0.0667. The van der Waals surface area contributed by atoms with E-state index in [4.69, 9.17) is 4.42 Å². The second-order valence-corrected chi connectivity index (χ2v) is 4.79. The van der Waals surface area contributed by atoms with Crippen LogP contribution in [0.1, 0.15) is 5.56 Å². The van der Waals surface area contributed by atoms with Gasteiger partial charge in [0.25, 0.3) is 0 Å². The van der Waals surface area contributed by atoms with Crippen molar-refractivity contribution in [1.29, 1.82) is 0 Å². The molecule has 0 saturated heterocycles. The molecule has 22 heavy (non-hydrogen) atoms. The van der Waals surface area contributed by atoms with E-state index in [1.807, 2.05) is 12.1 Å². The maximum atomic E-state index is 9.54. The van der Waals surface area contributed by atoms with Crippen molar-refractivity contribution >= 4 is 11.2 Å². The maximum absolute atomic E-state index is 9.54. The molecule has 3 heterocycles. The molecule has 7 heteroatoms. The number of hydrogen-bond donors (Lipinski definition) is 1. The van der Waals surface area contributed by atoms with Gasteiger partial charge < -0.3 is 9.52 Å². The van der Waals surface area contributed by atoms with Gasteiger partial charge in [0.05, 0.1) is 12.8 Å². The second kappa shape index (κ2) is 4.96. The number of rotatable bonds is 3. The van der Waals surface area contributed by atoms with Crippen LogP contribution < -0.4 is 0 Å². The first-order valence-electron chi connectivity index (χ1n) is 6.67. The van der Waals surface area contributed by atoms with Crippen LogP contribution >= 0.6 is 0 Å². The van der Waals surface area contributed by atoms with Gasteiger partial charge in [0, 0.05) is 0 Å². The third-order valence-corrected chi connectivity index (χ3v) is 3.30. The molecular formula is C15H11N5O2. The van der Waals surface area contributed by atoms with E-state index in [1.165, 1.54) is 6.33 Å². The summed E-state index contributed by atoms with van der Waals surface area (Å²) in [7, 11) is 0. The number of phenols is 1. The molecule has 0 aliphatic heterocycles. The van der Waals surface area contributed by atoms with Crippen LogP contribution in [0.2, 0.25) is 0 Å². The van der Waals surface area contributed by atoms with Gasteiger partial charge in [0.15, 0.2) is 16.9 Å². The molecule has 4 rings (SSSR count).